The highest BCUT2D eigenvalue weighted by molar-refractivity contribution is 6.81. The molecule has 1 rings (SSSR count). The summed E-state index contributed by atoms with van der Waals surface area (Å²) in [6.45, 7) is 24.2. The molecule has 0 N–H and O–H groups in total. The molecule has 2 atom stereocenters. The third-order valence-electron chi connectivity index (χ3n) is 3.73. The minimum absolute atomic E-state index is 0.111. The Morgan fingerprint density at radius 2 is 1.59 bits per heavy atom. The molecule has 0 unspecified atom stereocenters. The van der Waals surface area contributed by atoms with Gasteiger partial charge in [-0.2, -0.15) is 0 Å². The maximum atomic E-state index is 6.73. The van der Waals surface area contributed by atoms with Gasteiger partial charge in [0.15, 0.2) is 8.32 Å². The van der Waals surface area contributed by atoms with Gasteiger partial charge in [-0.05, 0) is 58.0 Å². The number of ether oxygens (including phenoxy) is 1. The van der Waals surface area contributed by atoms with Crippen molar-refractivity contribution < 1.29 is 9.16 Å². The summed E-state index contributed by atoms with van der Waals surface area (Å²) in [7, 11) is -3.23. The molecule has 0 amide bonds. The van der Waals surface area contributed by atoms with Crippen LogP contribution in [-0.2, 0) is 9.16 Å². The van der Waals surface area contributed by atoms with E-state index in [2.05, 4.69) is 103 Å². The number of hydrogen-bond donors (Lipinski definition) is 0. The maximum absolute atomic E-state index is 6.73. The molecule has 0 heterocycles. The third-order valence-corrected chi connectivity index (χ3v) is 5.93. The molecule has 0 aromatic heterocycles. The average molecular weight is 405 g/mol. The SMILES string of the molecule is C=CC/C(=C\[Si](C)(C)C)[C@@H](OC(C)(C)C)[C@H](O[Si](C)(C)C)c1ccccc1. The van der Waals surface area contributed by atoms with Gasteiger partial charge in [-0.3, -0.25) is 0 Å². The molecule has 1 aromatic carbocycles. The van der Waals surface area contributed by atoms with Crippen LogP contribution in [0.1, 0.15) is 38.9 Å². The first-order chi connectivity index (χ1) is 12.2. The molecular weight excluding hydrogens is 364 g/mol. The fraction of sp³-hybridized carbons (Fsp3) is 0.565. The minimum atomic E-state index is -1.79. The summed E-state index contributed by atoms with van der Waals surface area (Å²) in [6, 6.07) is 10.5. The molecular formula is C23H40O2Si2. The van der Waals surface area contributed by atoms with Crippen LogP contribution in [0.15, 0.2) is 54.3 Å². The molecule has 0 fully saturated rings. The lowest BCUT2D eigenvalue weighted by Gasteiger charge is -2.38. The lowest BCUT2D eigenvalue weighted by atomic mass is 9.96. The fourth-order valence-electron chi connectivity index (χ4n) is 3.02. The molecule has 4 heteroatoms. The van der Waals surface area contributed by atoms with Crippen LogP contribution in [0.3, 0.4) is 0 Å². The average Bonchev–Trinajstić information content (AvgIpc) is 2.48. The smallest absolute Gasteiger partial charge is 0.184 e. The largest absolute Gasteiger partial charge is 0.408 e. The molecule has 152 valence electrons. The van der Waals surface area contributed by atoms with Crippen molar-refractivity contribution in [2.24, 2.45) is 0 Å². The Morgan fingerprint density at radius 3 is 2.00 bits per heavy atom. The summed E-state index contributed by atoms with van der Waals surface area (Å²) >= 11 is 0. The molecule has 0 saturated carbocycles. The van der Waals surface area contributed by atoms with Gasteiger partial charge in [0.2, 0.25) is 0 Å². The van der Waals surface area contributed by atoms with Gasteiger partial charge in [0.05, 0.1) is 13.7 Å². The number of benzene rings is 1. The zero-order valence-electron chi connectivity index (χ0n) is 18.9. The Labute approximate surface area is 169 Å². The van der Waals surface area contributed by atoms with Crippen LogP contribution in [0.2, 0.25) is 39.3 Å². The van der Waals surface area contributed by atoms with Crippen molar-refractivity contribution in [2.45, 2.75) is 84.3 Å². The Morgan fingerprint density at radius 1 is 1.04 bits per heavy atom. The first-order valence-corrected chi connectivity index (χ1v) is 16.9. The first kappa shape index (κ1) is 24.1. The van der Waals surface area contributed by atoms with E-state index in [9.17, 15) is 0 Å². The molecule has 0 aliphatic heterocycles. The van der Waals surface area contributed by atoms with Crippen molar-refractivity contribution in [1.29, 1.82) is 0 Å². The van der Waals surface area contributed by atoms with Crippen LogP contribution in [0, 0.1) is 0 Å². The fourth-order valence-corrected chi connectivity index (χ4v) is 5.44. The van der Waals surface area contributed by atoms with E-state index in [1.807, 2.05) is 6.08 Å². The summed E-state index contributed by atoms with van der Waals surface area (Å²) in [5.41, 5.74) is 4.68. The Kier molecular flexibility index (Phi) is 8.48. The second-order valence-corrected chi connectivity index (χ2v) is 19.8. The highest BCUT2D eigenvalue weighted by atomic mass is 28.4. The van der Waals surface area contributed by atoms with Crippen molar-refractivity contribution >= 4 is 16.4 Å². The van der Waals surface area contributed by atoms with Crippen LogP contribution in [0.5, 0.6) is 0 Å². The second-order valence-electron chi connectivity index (χ2n) is 10.3. The Hall–Kier alpha value is -0.946. The van der Waals surface area contributed by atoms with Crippen LogP contribution in [0.4, 0.5) is 0 Å². The molecule has 0 saturated heterocycles. The van der Waals surface area contributed by atoms with Crippen molar-refractivity contribution in [1.82, 2.24) is 0 Å². The van der Waals surface area contributed by atoms with Crippen LogP contribution < -0.4 is 0 Å². The Bertz CT molecular complexity index is 617. The van der Waals surface area contributed by atoms with Gasteiger partial charge in [-0.25, -0.2) is 0 Å². The third kappa shape index (κ3) is 9.70. The van der Waals surface area contributed by atoms with E-state index in [4.69, 9.17) is 9.16 Å². The van der Waals surface area contributed by atoms with E-state index in [1.165, 1.54) is 11.1 Å². The molecule has 0 aliphatic carbocycles. The summed E-state index contributed by atoms with van der Waals surface area (Å²) in [5.74, 6) is 0. The maximum Gasteiger partial charge on any atom is 0.184 e. The molecule has 0 bridgehead atoms. The van der Waals surface area contributed by atoms with E-state index >= 15 is 0 Å². The van der Waals surface area contributed by atoms with E-state index in [0.29, 0.717) is 0 Å². The first-order valence-electron chi connectivity index (χ1n) is 9.95. The Balaban J connectivity index is 3.54. The van der Waals surface area contributed by atoms with Crippen molar-refractivity contribution in [2.75, 3.05) is 0 Å². The summed E-state index contributed by atoms with van der Waals surface area (Å²) in [6.07, 6.45) is 2.58. The molecule has 0 spiro atoms. The van der Waals surface area contributed by atoms with Crippen LogP contribution in [-0.4, -0.2) is 28.1 Å². The van der Waals surface area contributed by atoms with Crippen LogP contribution in [0.25, 0.3) is 0 Å². The van der Waals surface area contributed by atoms with E-state index in [1.54, 1.807) is 0 Å². The van der Waals surface area contributed by atoms with Gasteiger partial charge in [0, 0.05) is 0 Å². The second kappa shape index (κ2) is 9.50. The summed E-state index contributed by atoms with van der Waals surface area (Å²) < 4.78 is 13.4. The van der Waals surface area contributed by atoms with Crippen molar-refractivity contribution in [3.05, 3.63) is 59.8 Å². The predicted molar refractivity (Wildman–Crippen MR) is 124 cm³/mol. The lowest BCUT2D eigenvalue weighted by Crippen LogP contribution is -2.40. The van der Waals surface area contributed by atoms with Crippen molar-refractivity contribution in [3.8, 4) is 0 Å². The molecule has 27 heavy (non-hydrogen) atoms. The zero-order chi connectivity index (χ0) is 20.9. The number of rotatable bonds is 9. The number of hydrogen-bond acceptors (Lipinski definition) is 2. The highest BCUT2D eigenvalue weighted by Crippen LogP contribution is 2.35. The van der Waals surface area contributed by atoms with Gasteiger partial charge in [0.1, 0.15) is 12.2 Å². The summed E-state index contributed by atoms with van der Waals surface area (Å²) in [4.78, 5) is 0. The van der Waals surface area contributed by atoms with Crippen molar-refractivity contribution in [3.63, 3.8) is 0 Å². The molecule has 1 aromatic rings. The standard InChI is InChI=1S/C23H40O2Si2/c1-11-15-20(18-26(5,6)7)21(24-23(2,3)4)22(25-27(8,9)10)19-16-13-12-14-17-19/h11-14,16-18,21-22H,1,15H2,2-10H3/b20-18+/t21-,22-/m1/s1. The molecule has 0 radical (unpaired) electrons. The topological polar surface area (TPSA) is 18.5 Å². The zero-order valence-corrected chi connectivity index (χ0v) is 20.9. The van der Waals surface area contributed by atoms with Gasteiger partial charge in [-0.15, -0.1) is 6.58 Å². The van der Waals surface area contributed by atoms with Gasteiger partial charge >= 0.3 is 0 Å². The van der Waals surface area contributed by atoms with E-state index in [-0.39, 0.29) is 17.8 Å². The highest BCUT2D eigenvalue weighted by Gasteiger charge is 2.35. The predicted octanol–water partition coefficient (Wildman–Crippen LogP) is 7.14. The summed E-state index contributed by atoms with van der Waals surface area (Å²) in [5, 5.41) is 0. The quantitative estimate of drug-likeness (QED) is 0.321. The lowest BCUT2D eigenvalue weighted by molar-refractivity contribution is -0.0901. The number of allylic oxidation sites excluding steroid dienone is 1. The van der Waals surface area contributed by atoms with Gasteiger partial charge in [0.25, 0.3) is 0 Å². The minimum Gasteiger partial charge on any atom is -0.408 e. The van der Waals surface area contributed by atoms with Gasteiger partial charge < -0.3 is 9.16 Å². The molecule has 2 nitrogen and oxygen atoms in total. The normalized spacial score (nSPS) is 16.1. The monoisotopic (exact) mass is 404 g/mol. The van der Waals surface area contributed by atoms with Gasteiger partial charge in [-0.1, -0.05) is 61.7 Å². The van der Waals surface area contributed by atoms with E-state index < -0.39 is 16.4 Å². The van der Waals surface area contributed by atoms with Crippen LogP contribution >= 0.6 is 0 Å². The molecule has 0 aliphatic rings. The van der Waals surface area contributed by atoms with E-state index in [0.717, 1.165) is 6.42 Å².